The Kier molecular flexibility index (Phi) is 4.29. The van der Waals surface area contributed by atoms with Gasteiger partial charge in [-0.15, -0.1) is 0 Å². The molecule has 90 valence electrons. The molecule has 0 bridgehead atoms. The topological polar surface area (TPSA) is 33.0 Å². The standard InChI is InChI=1S/C14H10BrNOS/c1-17-11-3-2-4-12(7-11)18-13-6-5-10(9-16)14(15)8-13/h2-8H,1H3. The summed E-state index contributed by atoms with van der Waals surface area (Å²) in [4.78, 5) is 2.18. The van der Waals surface area contributed by atoms with Crippen molar-refractivity contribution < 1.29 is 4.74 Å². The van der Waals surface area contributed by atoms with Gasteiger partial charge in [-0.1, -0.05) is 17.8 Å². The van der Waals surface area contributed by atoms with Crippen molar-refractivity contribution in [3.05, 3.63) is 52.5 Å². The minimum atomic E-state index is 0.644. The minimum Gasteiger partial charge on any atom is -0.497 e. The number of hydrogen-bond donors (Lipinski definition) is 0. The molecular weight excluding hydrogens is 310 g/mol. The quantitative estimate of drug-likeness (QED) is 0.836. The van der Waals surface area contributed by atoms with Crippen LogP contribution in [-0.4, -0.2) is 7.11 Å². The first kappa shape index (κ1) is 13.0. The minimum absolute atomic E-state index is 0.644. The van der Waals surface area contributed by atoms with Crippen LogP contribution in [0.3, 0.4) is 0 Å². The van der Waals surface area contributed by atoms with Crippen molar-refractivity contribution in [1.82, 2.24) is 0 Å². The third-order valence-electron chi connectivity index (χ3n) is 2.34. The maximum absolute atomic E-state index is 8.86. The number of nitriles is 1. The summed E-state index contributed by atoms with van der Waals surface area (Å²) in [6.07, 6.45) is 0. The molecule has 0 saturated heterocycles. The fourth-order valence-electron chi connectivity index (χ4n) is 1.45. The summed E-state index contributed by atoms with van der Waals surface area (Å²) in [5.41, 5.74) is 0.644. The third kappa shape index (κ3) is 3.06. The molecule has 0 unspecified atom stereocenters. The summed E-state index contributed by atoms with van der Waals surface area (Å²) in [5, 5.41) is 8.86. The molecule has 2 rings (SSSR count). The fourth-order valence-corrected chi connectivity index (χ4v) is 2.98. The molecule has 0 amide bonds. The van der Waals surface area contributed by atoms with Crippen LogP contribution in [0.15, 0.2) is 56.7 Å². The van der Waals surface area contributed by atoms with Gasteiger partial charge in [0.15, 0.2) is 0 Å². The van der Waals surface area contributed by atoms with Gasteiger partial charge in [0.2, 0.25) is 0 Å². The van der Waals surface area contributed by atoms with E-state index in [1.807, 2.05) is 42.5 Å². The molecule has 2 nitrogen and oxygen atoms in total. The number of benzene rings is 2. The third-order valence-corrected chi connectivity index (χ3v) is 3.97. The van der Waals surface area contributed by atoms with Gasteiger partial charge in [0, 0.05) is 14.3 Å². The van der Waals surface area contributed by atoms with Crippen molar-refractivity contribution in [2.24, 2.45) is 0 Å². The van der Waals surface area contributed by atoms with Gasteiger partial charge in [-0.2, -0.15) is 5.26 Å². The van der Waals surface area contributed by atoms with E-state index in [1.54, 1.807) is 18.9 Å². The number of rotatable bonds is 3. The van der Waals surface area contributed by atoms with Crippen LogP contribution in [0.5, 0.6) is 5.75 Å². The van der Waals surface area contributed by atoms with Crippen molar-refractivity contribution in [2.75, 3.05) is 7.11 Å². The first-order chi connectivity index (χ1) is 8.72. The highest BCUT2D eigenvalue weighted by Gasteiger charge is 2.03. The summed E-state index contributed by atoms with van der Waals surface area (Å²) in [5.74, 6) is 0.840. The number of halogens is 1. The molecule has 0 atom stereocenters. The lowest BCUT2D eigenvalue weighted by molar-refractivity contribution is 0.413. The van der Waals surface area contributed by atoms with Crippen molar-refractivity contribution in [2.45, 2.75) is 9.79 Å². The van der Waals surface area contributed by atoms with Crippen LogP contribution < -0.4 is 4.74 Å². The van der Waals surface area contributed by atoms with E-state index in [-0.39, 0.29) is 0 Å². The zero-order chi connectivity index (χ0) is 13.0. The zero-order valence-electron chi connectivity index (χ0n) is 9.68. The monoisotopic (exact) mass is 319 g/mol. The van der Waals surface area contributed by atoms with Crippen LogP contribution >= 0.6 is 27.7 Å². The maximum atomic E-state index is 8.86. The Morgan fingerprint density at radius 1 is 1.17 bits per heavy atom. The molecule has 0 saturated carbocycles. The van der Waals surface area contributed by atoms with Crippen LogP contribution in [0.1, 0.15) is 5.56 Å². The zero-order valence-corrected chi connectivity index (χ0v) is 12.1. The van der Waals surface area contributed by atoms with Gasteiger partial charge in [0.05, 0.1) is 12.7 Å². The predicted molar refractivity (Wildman–Crippen MR) is 76.0 cm³/mol. The average Bonchev–Trinajstić information content (AvgIpc) is 2.39. The Bertz CT molecular complexity index is 607. The molecular formula is C14H10BrNOS. The molecule has 2 aromatic rings. The Morgan fingerprint density at radius 2 is 1.94 bits per heavy atom. The SMILES string of the molecule is COc1cccc(Sc2ccc(C#N)c(Br)c2)c1. The van der Waals surface area contributed by atoms with E-state index in [0.29, 0.717) is 5.56 Å². The molecule has 0 aromatic heterocycles. The fraction of sp³-hybridized carbons (Fsp3) is 0.0714. The second kappa shape index (κ2) is 5.94. The summed E-state index contributed by atoms with van der Waals surface area (Å²) in [6, 6.07) is 15.7. The molecule has 0 fully saturated rings. The highest BCUT2D eigenvalue weighted by atomic mass is 79.9. The molecule has 0 heterocycles. The van der Waals surface area contributed by atoms with Crippen LogP contribution in [0, 0.1) is 11.3 Å². The molecule has 18 heavy (non-hydrogen) atoms. The second-order valence-corrected chi connectivity index (χ2v) is 5.54. The van der Waals surface area contributed by atoms with Gasteiger partial charge < -0.3 is 4.74 Å². The van der Waals surface area contributed by atoms with Crippen molar-refractivity contribution >= 4 is 27.7 Å². The van der Waals surface area contributed by atoms with Crippen LogP contribution in [0.4, 0.5) is 0 Å². The van der Waals surface area contributed by atoms with Crippen LogP contribution in [0.25, 0.3) is 0 Å². The Balaban J connectivity index is 2.23. The second-order valence-electron chi connectivity index (χ2n) is 3.53. The summed E-state index contributed by atoms with van der Waals surface area (Å²) in [6.45, 7) is 0. The van der Waals surface area contributed by atoms with Gasteiger partial charge in [0.1, 0.15) is 11.8 Å². The van der Waals surface area contributed by atoms with E-state index < -0.39 is 0 Å². The lowest BCUT2D eigenvalue weighted by Crippen LogP contribution is -1.83. The Hall–Kier alpha value is -1.44. The van der Waals surface area contributed by atoms with E-state index >= 15 is 0 Å². The normalized spacial score (nSPS) is 9.83. The molecule has 0 aliphatic rings. The molecule has 0 aliphatic heterocycles. The van der Waals surface area contributed by atoms with Crippen LogP contribution in [-0.2, 0) is 0 Å². The smallest absolute Gasteiger partial charge is 0.119 e. The first-order valence-electron chi connectivity index (χ1n) is 5.24. The van der Waals surface area contributed by atoms with Crippen molar-refractivity contribution in [3.63, 3.8) is 0 Å². The van der Waals surface area contributed by atoms with Crippen molar-refractivity contribution in [3.8, 4) is 11.8 Å². The molecule has 0 radical (unpaired) electrons. The predicted octanol–water partition coefficient (Wildman–Crippen LogP) is 4.48. The van der Waals surface area contributed by atoms with Gasteiger partial charge in [0.25, 0.3) is 0 Å². The van der Waals surface area contributed by atoms with E-state index in [4.69, 9.17) is 10.00 Å². The molecule has 2 aromatic carbocycles. The largest absolute Gasteiger partial charge is 0.497 e. The van der Waals surface area contributed by atoms with Crippen LogP contribution in [0.2, 0.25) is 0 Å². The molecule has 0 aliphatic carbocycles. The van der Waals surface area contributed by atoms with Gasteiger partial charge in [-0.05, 0) is 52.3 Å². The maximum Gasteiger partial charge on any atom is 0.119 e. The average molecular weight is 320 g/mol. The van der Waals surface area contributed by atoms with E-state index in [0.717, 1.165) is 20.0 Å². The van der Waals surface area contributed by atoms with E-state index in [1.165, 1.54) is 0 Å². The van der Waals surface area contributed by atoms with E-state index in [9.17, 15) is 0 Å². The first-order valence-corrected chi connectivity index (χ1v) is 6.85. The number of methoxy groups -OCH3 is 1. The number of nitrogens with zero attached hydrogens (tertiary/aromatic N) is 1. The summed E-state index contributed by atoms with van der Waals surface area (Å²) in [7, 11) is 1.65. The van der Waals surface area contributed by atoms with E-state index in [2.05, 4.69) is 22.0 Å². The van der Waals surface area contributed by atoms with Gasteiger partial charge in [-0.3, -0.25) is 0 Å². The molecule has 0 N–H and O–H groups in total. The Labute approximate surface area is 119 Å². The number of ether oxygens (including phenoxy) is 1. The lowest BCUT2D eigenvalue weighted by Gasteiger charge is -2.05. The summed E-state index contributed by atoms with van der Waals surface area (Å²) < 4.78 is 6.00. The molecule has 0 spiro atoms. The Morgan fingerprint density at radius 3 is 2.61 bits per heavy atom. The van der Waals surface area contributed by atoms with Crippen molar-refractivity contribution in [1.29, 1.82) is 5.26 Å². The van der Waals surface area contributed by atoms with Gasteiger partial charge >= 0.3 is 0 Å². The lowest BCUT2D eigenvalue weighted by atomic mass is 10.2. The number of hydrogen-bond acceptors (Lipinski definition) is 3. The molecule has 4 heteroatoms. The highest BCUT2D eigenvalue weighted by molar-refractivity contribution is 9.10. The summed E-state index contributed by atoms with van der Waals surface area (Å²) >= 11 is 5.02. The van der Waals surface area contributed by atoms with Gasteiger partial charge in [-0.25, -0.2) is 0 Å². The highest BCUT2D eigenvalue weighted by Crippen LogP contribution is 2.32.